The maximum absolute atomic E-state index is 13.2. The summed E-state index contributed by atoms with van der Waals surface area (Å²) < 4.78 is 32.5. The van der Waals surface area contributed by atoms with Crippen molar-refractivity contribution in [2.75, 3.05) is 4.43 Å². The van der Waals surface area contributed by atoms with Crippen LogP contribution < -0.4 is 25.9 Å². The Morgan fingerprint density at radius 1 is 1.38 bits per heavy atom. The van der Waals surface area contributed by atoms with E-state index in [1.165, 1.54) is 25.1 Å². The Balaban J connectivity index is 1.89. The average Bonchev–Trinajstić information content (AvgIpc) is 3.40. The van der Waals surface area contributed by atoms with Crippen LogP contribution in [0.15, 0.2) is 30.3 Å². The van der Waals surface area contributed by atoms with Crippen LogP contribution in [0, 0.1) is 0 Å². The number of alkyl halides is 4. The quantitative estimate of drug-likeness (QED) is 0.512. The number of hydrogen-bond donors (Lipinski definition) is 1. The fourth-order valence-corrected chi connectivity index (χ4v) is 3.30. The van der Waals surface area contributed by atoms with Crippen LogP contribution in [-0.4, -0.2) is 31.6 Å². The molecule has 1 saturated heterocycles. The van der Waals surface area contributed by atoms with Gasteiger partial charge in [-0.1, -0.05) is 0 Å². The molecule has 2 aromatic rings. The summed E-state index contributed by atoms with van der Waals surface area (Å²) in [4.78, 5) is 19.8. The summed E-state index contributed by atoms with van der Waals surface area (Å²) in [6.45, 7) is 1.34. The third-order valence-electron chi connectivity index (χ3n) is 3.38. The molecule has 0 radical (unpaired) electrons. The first-order valence-electron chi connectivity index (χ1n) is 7.25. The molecule has 1 aromatic carbocycles. The molecule has 1 N–H and O–H groups in total. The number of benzene rings is 1. The number of aromatic nitrogens is 2. The summed E-state index contributed by atoms with van der Waals surface area (Å²) in [5, 5.41) is 9.20. The molecule has 1 fully saturated rings. The van der Waals surface area contributed by atoms with Crippen LogP contribution in [0.25, 0.3) is 11.3 Å². The van der Waals surface area contributed by atoms with E-state index in [0.29, 0.717) is 21.0 Å². The number of carboxylic acid groups (broad SMARTS) is 1. The van der Waals surface area contributed by atoms with Gasteiger partial charge >= 0.3 is 147 Å². The molecule has 1 aromatic heterocycles. The zero-order valence-corrected chi connectivity index (χ0v) is 14.8. The van der Waals surface area contributed by atoms with Gasteiger partial charge in [-0.05, 0) is 0 Å². The van der Waals surface area contributed by atoms with Crippen molar-refractivity contribution in [1.82, 2.24) is 9.97 Å². The van der Waals surface area contributed by atoms with Gasteiger partial charge in [-0.25, -0.2) is 0 Å². The van der Waals surface area contributed by atoms with Gasteiger partial charge in [-0.15, -0.1) is 0 Å². The van der Waals surface area contributed by atoms with E-state index in [9.17, 15) is 18.7 Å². The molecule has 0 amide bonds. The van der Waals surface area contributed by atoms with E-state index < -0.39 is 18.5 Å². The van der Waals surface area contributed by atoms with E-state index in [2.05, 4.69) is 14.7 Å². The molecule has 1 atom stereocenters. The Labute approximate surface area is 147 Å². The number of hydrogen-bond acceptors (Lipinski definition) is 4. The third-order valence-corrected chi connectivity index (χ3v) is 5.70. The first-order chi connectivity index (χ1) is 11.4. The first kappa shape index (κ1) is 17.0. The fourth-order valence-electron chi connectivity index (χ4n) is 1.98. The van der Waals surface area contributed by atoms with Gasteiger partial charge in [-0.3, -0.25) is 0 Å². The van der Waals surface area contributed by atoms with Crippen molar-refractivity contribution >= 4 is 5.97 Å². The molecular formula is C16H14F2IN2O3-. The van der Waals surface area contributed by atoms with Gasteiger partial charge in [0.1, 0.15) is 0 Å². The average molecular weight is 447 g/mol. The number of carbonyl (C=O) groups is 1. The van der Waals surface area contributed by atoms with Crippen molar-refractivity contribution in [3.05, 3.63) is 41.9 Å². The molecule has 0 saturated carbocycles. The molecule has 1 aliphatic rings. The van der Waals surface area contributed by atoms with E-state index in [1.54, 1.807) is 12.1 Å². The van der Waals surface area contributed by atoms with Crippen molar-refractivity contribution < 1.29 is 44.6 Å². The van der Waals surface area contributed by atoms with Gasteiger partial charge < -0.3 is 0 Å². The summed E-state index contributed by atoms with van der Waals surface area (Å²) in [6, 6.07) is 7.40. The van der Waals surface area contributed by atoms with Crippen LogP contribution in [0.4, 0.5) is 8.78 Å². The van der Waals surface area contributed by atoms with E-state index >= 15 is 0 Å². The number of nitrogens with zero attached hydrogens (tertiary/aromatic N) is 2. The van der Waals surface area contributed by atoms with Crippen LogP contribution in [0.3, 0.4) is 0 Å². The summed E-state index contributed by atoms with van der Waals surface area (Å²) in [7, 11) is 0. The molecule has 0 aliphatic carbocycles. The second kappa shape index (κ2) is 6.58. The van der Waals surface area contributed by atoms with E-state index in [0.717, 1.165) is 4.43 Å². The Morgan fingerprint density at radius 3 is 2.58 bits per heavy atom. The van der Waals surface area contributed by atoms with Crippen LogP contribution in [0.2, 0.25) is 0 Å². The van der Waals surface area contributed by atoms with Gasteiger partial charge in [-0.2, -0.15) is 0 Å². The number of ether oxygens (including phenoxy) is 1. The zero-order chi connectivity index (χ0) is 17.3. The molecule has 1 unspecified atom stereocenters. The van der Waals surface area contributed by atoms with Gasteiger partial charge in [0.05, 0.1) is 0 Å². The molecule has 5 nitrogen and oxygen atoms in total. The molecule has 1 aliphatic heterocycles. The van der Waals surface area contributed by atoms with Crippen molar-refractivity contribution in [2.45, 2.75) is 23.4 Å². The van der Waals surface area contributed by atoms with E-state index in [1.807, 2.05) is 0 Å². The van der Waals surface area contributed by atoms with Gasteiger partial charge in [0.15, 0.2) is 0 Å². The molecule has 24 heavy (non-hydrogen) atoms. The van der Waals surface area contributed by atoms with Crippen molar-refractivity contribution in [2.24, 2.45) is 0 Å². The molecular weight excluding hydrogens is 433 g/mol. The van der Waals surface area contributed by atoms with Crippen molar-refractivity contribution in [3.63, 3.8) is 0 Å². The standard InChI is InChI=1S/C16H14F2IN2O3/c1-2-16(17,18)24-10-5-3-9(4-6-10)12-7-13(15(22)23)21-14(20-12)11-8-19-11/h3-7,11H,2,8H2,1H3,(H,22,23)/q-1. The SMILES string of the molecule is CCC(F)(F)Oc1ccc(-c2cc(C(=O)O)nc(C3C[I-]3)n2)cc1. The molecule has 0 bridgehead atoms. The second-order valence-corrected chi connectivity index (χ2v) is 8.46. The van der Waals surface area contributed by atoms with Gasteiger partial charge in [0.2, 0.25) is 0 Å². The Bertz CT molecular complexity index is 764. The molecule has 3 rings (SSSR count). The summed E-state index contributed by atoms with van der Waals surface area (Å²) >= 11 is 0.0352. The van der Waals surface area contributed by atoms with Crippen LogP contribution >= 0.6 is 0 Å². The normalized spacial score (nSPS) is 17.0. The summed E-state index contributed by atoms with van der Waals surface area (Å²) in [5.41, 5.74) is 1.05. The Hall–Kier alpha value is -1.84. The number of rotatable bonds is 6. The van der Waals surface area contributed by atoms with E-state index in [4.69, 9.17) is 0 Å². The van der Waals surface area contributed by atoms with E-state index in [-0.39, 0.29) is 32.6 Å². The minimum absolute atomic E-state index is 0.0352. The van der Waals surface area contributed by atoms with Crippen LogP contribution in [0.5, 0.6) is 5.75 Å². The predicted molar refractivity (Wildman–Crippen MR) is 77.9 cm³/mol. The Kier molecular flexibility index (Phi) is 4.66. The third kappa shape index (κ3) is 3.97. The van der Waals surface area contributed by atoms with Crippen LogP contribution in [0.1, 0.15) is 33.6 Å². The predicted octanol–water partition coefficient (Wildman–Crippen LogP) is 0.367. The van der Waals surface area contributed by atoms with Gasteiger partial charge in [0.25, 0.3) is 0 Å². The number of halogens is 3. The molecule has 0 spiro atoms. The first-order valence-corrected chi connectivity index (χ1v) is 10.0. The summed E-state index contributed by atoms with van der Waals surface area (Å²) in [5.74, 6) is -0.497. The number of carboxylic acids is 1. The van der Waals surface area contributed by atoms with Gasteiger partial charge in [0, 0.05) is 0 Å². The van der Waals surface area contributed by atoms with Crippen LogP contribution in [-0.2, 0) is 0 Å². The Morgan fingerprint density at radius 2 is 2.04 bits per heavy atom. The maximum atomic E-state index is 13.2. The fraction of sp³-hybridized carbons (Fsp3) is 0.312. The molecule has 8 heteroatoms. The number of aromatic carboxylic acids is 1. The van der Waals surface area contributed by atoms with Crippen molar-refractivity contribution in [1.29, 1.82) is 0 Å². The van der Waals surface area contributed by atoms with Crippen molar-refractivity contribution in [3.8, 4) is 17.0 Å². The second-order valence-electron chi connectivity index (χ2n) is 5.20. The zero-order valence-electron chi connectivity index (χ0n) is 12.7. The molecule has 2 heterocycles. The topological polar surface area (TPSA) is 72.3 Å². The monoisotopic (exact) mass is 447 g/mol. The minimum atomic E-state index is -3.21. The summed E-state index contributed by atoms with van der Waals surface area (Å²) in [6.07, 6.45) is -3.63. The molecule has 128 valence electrons.